The van der Waals surface area contributed by atoms with Crippen LogP contribution in [0.25, 0.3) is 6.08 Å². The van der Waals surface area contributed by atoms with Crippen molar-refractivity contribution in [3.63, 3.8) is 0 Å². The van der Waals surface area contributed by atoms with Crippen molar-refractivity contribution in [2.24, 2.45) is 0 Å². The van der Waals surface area contributed by atoms with Crippen molar-refractivity contribution >= 4 is 23.6 Å². The second-order valence-electron chi connectivity index (χ2n) is 6.67. The maximum absolute atomic E-state index is 12.5. The molecule has 1 aliphatic rings. The Balaban J connectivity index is 1.75. The van der Waals surface area contributed by atoms with Crippen molar-refractivity contribution in [1.29, 1.82) is 5.26 Å². The van der Waals surface area contributed by atoms with Gasteiger partial charge in [-0.3, -0.25) is 4.79 Å². The second kappa shape index (κ2) is 7.92. The number of benzene rings is 1. The SMILES string of the molecule is Cc1ccc(C)c(NC(=O)/C(C#N)=C\c2ccc(N3CCCCC3)o2)c1. The summed E-state index contributed by atoms with van der Waals surface area (Å²) in [6.45, 7) is 5.84. The van der Waals surface area contributed by atoms with Crippen LogP contribution in [0.2, 0.25) is 0 Å². The van der Waals surface area contributed by atoms with Crippen molar-refractivity contribution in [2.45, 2.75) is 33.1 Å². The van der Waals surface area contributed by atoms with Gasteiger partial charge in [-0.1, -0.05) is 12.1 Å². The van der Waals surface area contributed by atoms with E-state index in [0.29, 0.717) is 11.4 Å². The minimum absolute atomic E-state index is 0.0189. The molecule has 0 bridgehead atoms. The lowest BCUT2D eigenvalue weighted by Gasteiger charge is -2.25. The molecule has 0 saturated carbocycles. The van der Waals surface area contributed by atoms with Gasteiger partial charge in [0.2, 0.25) is 0 Å². The van der Waals surface area contributed by atoms with Crippen LogP contribution in [0, 0.1) is 25.2 Å². The van der Waals surface area contributed by atoms with Gasteiger partial charge in [-0.25, -0.2) is 0 Å². The molecule has 1 N–H and O–H groups in total. The molecule has 0 spiro atoms. The number of hydrogen-bond donors (Lipinski definition) is 1. The zero-order valence-corrected chi connectivity index (χ0v) is 15.2. The van der Waals surface area contributed by atoms with Crippen LogP contribution in [-0.4, -0.2) is 19.0 Å². The maximum atomic E-state index is 12.5. The normalized spacial score (nSPS) is 14.8. The zero-order chi connectivity index (χ0) is 18.5. The molecule has 134 valence electrons. The molecule has 1 aromatic carbocycles. The zero-order valence-electron chi connectivity index (χ0n) is 15.2. The van der Waals surface area contributed by atoms with Gasteiger partial charge in [0.1, 0.15) is 17.4 Å². The van der Waals surface area contributed by atoms with E-state index in [0.717, 1.165) is 42.9 Å². The van der Waals surface area contributed by atoms with Crippen LogP contribution in [0.3, 0.4) is 0 Å². The van der Waals surface area contributed by atoms with E-state index in [4.69, 9.17) is 4.42 Å². The monoisotopic (exact) mass is 349 g/mol. The number of furan rings is 1. The number of anilines is 2. The summed E-state index contributed by atoms with van der Waals surface area (Å²) >= 11 is 0. The molecule has 2 heterocycles. The van der Waals surface area contributed by atoms with Crippen molar-refractivity contribution in [3.05, 3.63) is 52.8 Å². The molecule has 3 rings (SSSR count). The van der Waals surface area contributed by atoms with Crippen molar-refractivity contribution in [3.8, 4) is 6.07 Å². The maximum Gasteiger partial charge on any atom is 0.266 e. The molecule has 1 aromatic heterocycles. The first-order valence-electron chi connectivity index (χ1n) is 8.92. The number of rotatable bonds is 4. The molecule has 0 radical (unpaired) electrons. The van der Waals surface area contributed by atoms with E-state index >= 15 is 0 Å². The fourth-order valence-electron chi connectivity index (χ4n) is 3.06. The third-order valence-corrected chi connectivity index (χ3v) is 4.57. The van der Waals surface area contributed by atoms with Gasteiger partial charge < -0.3 is 14.6 Å². The molecule has 26 heavy (non-hydrogen) atoms. The molecule has 1 fully saturated rings. The number of nitriles is 1. The smallest absolute Gasteiger partial charge is 0.266 e. The summed E-state index contributed by atoms with van der Waals surface area (Å²) in [6, 6.07) is 11.5. The Labute approximate surface area is 153 Å². The van der Waals surface area contributed by atoms with Crippen molar-refractivity contribution in [1.82, 2.24) is 0 Å². The predicted octanol–water partition coefficient (Wildman–Crippen LogP) is 4.43. The predicted molar refractivity (Wildman–Crippen MR) is 103 cm³/mol. The summed E-state index contributed by atoms with van der Waals surface area (Å²) in [4.78, 5) is 14.7. The summed E-state index contributed by atoms with van der Waals surface area (Å²) in [6.07, 6.45) is 5.07. The lowest BCUT2D eigenvalue weighted by atomic mass is 10.1. The Morgan fingerprint density at radius 3 is 2.69 bits per heavy atom. The summed E-state index contributed by atoms with van der Waals surface area (Å²) in [7, 11) is 0. The lowest BCUT2D eigenvalue weighted by molar-refractivity contribution is -0.112. The number of nitrogens with zero attached hydrogens (tertiary/aromatic N) is 2. The summed E-state index contributed by atoms with van der Waals surface area (Å²) in [5, 5.41) is 12.2. The van der Waals surface area contributed by atoms with Gasteiger partial charge in [0.15, 0.2) is 5.88 Å². The van der Waals surface area contributed by atoms with E-state index in [1.54, 1.807) is 6.07 Å². The molecule has 5 nitrogen and oxygen atoms in total. The molecular formula is C21H23N3O2. The Kier molecular flexibility index (Phi) is 5.43. The van der Waals surface area contributed by atoms with E-state index in [-0.39, 0.29) is 5.57 Å². The van der Waals surface area contributed by atoms with Gasteiger partial charge in [0.25, 0.3) is 5.91 Å². The number of carbonyl (C=O) groups is 1. The molecule has 2 aromatic rings. The van der Waals surface area contributed by atoms with Crippen LogP contribution in [-0.2, 0) is 4.79 Å². The topological polar surface area (TPSA) is 69.3 Å². The van der Waals surface area contributed by atoms with E-state index in [9.17, 15) is 10.1 Å². The first-order chi connectivity index (χ1) is 12.6. The van der Waals surface area contributed by atoms with E-state index in [1.807, 2.05) is 44.2 Å². The van der Waals surface area contributed by atoms with Gasteiger partial charge >= 0.3 is 0 Å². The molecular weight excluding hydrogens is 326 g/mol. The molecule has 5 heteroatoms. The Morgan fingerprint density at radius 2 is 1.96 bits per heavy atom. The minimum atomic E-state index is -0.433. The van der Waals surface area contributed by atoms with Gasteiger partial charge in [0, 0.05) is 30.9 Å². The molecule has 1 amide bonds. The van der Waals surface area contributed by atoms with E-state index < -0.39 is 5.91 Å². The Hall–Kier alpha value is -3.00. The van der Waals surface area contributed by atoms with Gasteiger partial charge in [0.05, 0.1) is 0 Å². The minimum Gasteiger partial charge on any atom is -0.441 e. The highest BCUT2D eigenvalue weighted by Crippen LogP contribution is 2.24. The largest absolute Gasteiger partial charge is 0.441 e. The average Bonchev–Trinajstić information content (AvgIpc) is 3.12. The fraction of sp³-hybridized carbons (Fsp3) is 0.333. The first kappa shape index (κ1) is 17.8. The van der Waals surface area contributed by atoms with Gasteiger partial charge in [-0.15, -0.1) is 0 Å². The van der Waals surface area contributed by atoms with E-state index in [2.05, 4.69) is 10.2 Å². The third kappa shape index (κ3) is 4.15. The molecule has 0 aliphatic carbocycles. The number of piperidine rings is 1. The van der Waals surface area contributed by atoms with Crippen LogP contribution in [0.4, 0.5) is 11.6 Å². The number of nitrogens with one attached hydrogen (secondary N) is 1. The van der Waals surface area contributed by atoms with Gasteiger partial charge in [-0.2, -0.15) is 5.26 Å². The average molecular weight is 349 g/mol. The number of amides is 1. The molecule has 0 atom stereocenters. The number of hydrogen-bond acceptors (Lipinski definition) is 4. The Bertz CT molecular complexity index is 868. The van der Waals surface area contributed by atoms with Crippen LogP contribution >= 0.6 is 0 Å². The van der Waals surface area contributed by atoms with Crippen LogP contribution in [0.5, 0.6) is 0 Å². The van der Waals surface area contributed by atoms with Crippen LogP contribution in [0.15, 0.2) is 40.3 Å². The fourth-order valence-corrected chi connectivity index (χ4v) is 3.06. The lowest BCUT2D eigenvalue weighted by Crippen LogP contribution is -2.28. The van der Waals surface area contributed by atoms with Gasteiger partial charge in [-0.05, 0) is 56.4 Å². The van der Waals surface area contributed by atoms with Crippen LogP contribution < -0.4 is 10.2 Å². The summed E-state index contributed by atoms with van der Waals surface area (Å²) in [5.41, 5.74) is 2.73. The summed E-state index contributed by atoms with van der Waals surface area (Å²) in [5.74, 6) is 0.874. The highest BCUT2D eigenvalue weighted by Gasteiger charge is 2.16. The first-order valence-corrected chi connectivity index (χ1v) is 8.92. The standard InChI is InChI=1S/C21H23N3O2/c1-15-6-7-16(2)19(12-15)23-21(25)17(14-22)13-18-8-9-20(26-18)24-10-4-3-5-11-24/h6-9,12-13H,3-5,10-11H2,1-2H3,(H,23,25)/b17-13-. The molecule has 1 saturated heterocycles. The molecule has 0 unspecified atom stereocenters. The van der Waals surface area contributed by atoms with Crippen molar-refractivity contribution < 1.29 is 9.21 Å². The third-order valence-electron chi connectivity index (χ3n) is 4.57. The Morgan fingerprint density at radius 1 is 1.19 bits per heavy atom. The molecule has 1 aliphatic heterocycles. The number of aryl methyl sites for hydroxylation is 2. The van der Waals surface area contributed by atoms with Crippen LogP contribution in [0.1, 0.15) is 36.1 Å². The van der Waals surface area contributed by atoms with E-state index in [1.165, 1.54) is 12.5 Å². The van der Waals surface area contributed by atoms with Crippen molar-refractivity contribution in [2.75, 3.05) is 23.3 Å². The number of carbonyl (C=O) groups excluding carboxylic acids is 1. The highest BCUT2D eigenvalue weighted by atomic mass is 16.4. The quantitative estimate of drug-likeness (QED) is 0.655. The highest BCUT2D eigenvalue weighted by molar-refractivity contribution is 6.09. The second-order valence-corrected chi connectivity index (χ2v) is 6.67. The summed E-state index contributed by atoms with van der Waals surface area (Å²) < 4.78 is 5.82.